The van der Waals surface area contributed by atoms with Crippen molar-refractivity contribution in [2.24, 2.45) is 0 Å². The lowest BCUT2D eigenvalue weighted by atomic mass is 10.2. The molecule has 3 rings (SSSR count). The lowest BCUT2D eigenvalue weighted by Gasteiger charge is -2.21. The van der Waals surface area contributed by atoms with E-state index in [1.165, 1.54) is 12.8 Å². The number of benzene rings is 1. The van der Waals surface area contributed by atoms with Gasteiger partial charge >= 0.3 is 0 Å². The standard InChI is InChI=1S/C13H14BrN3/c1-9-4-3-7-17(9)13-15-8-10-5-2-6-11(14)12(10)16-13/h2,5-6,8-9H,3-4,7H2,1H3. The van der Waals surface area contributed by atoms with E-state index in [4.69, 9.17) is 0 Å². The van der Waals surface area contributed by atoms with Gasteiger partial charge in [-0.15, -0.1) is 0 Å². The number of aromatic nitrogens is 2. The monoisotopic (exact) mass is 291 g/mol. The number of para-hydroxylation sites is 1. The van der Waals surface area contributed by atoms with E-state index in [2.05, 4.69) is 37.7 Å². The Kier molecular flexibility index (Phi) is 2.74. The van der Waals surface area contributed by atoms with Crippen molar-refractivity contribution in [3.8, 4) is 0 Å². The first-order valence-corrected chi connectivity index (χ1v) is 6.73. The van der Waals surface area contributed by atoms with Crippen molar-refractivity contribution in [1.82, 2.24) is 9.97 Å². The minimum Gasteiger partial charge on any atom is -0.338 e. The Morgan fingerprint density at radius 1 is 1.41 bits per heavy atom. The smallest absolute Gasteiger partial charge is 0.226 e. The number of halogens is 1. The van der Waals surface area contributed by atoms with Crippen molar-refractivity contribution in [3.63, 3.8) is 0 Å². The van der Waals surface area contributed by atoms with Gasteiger partial charge in [-0.2, -0.15) is 0 Å². The number of nitrogens with zero attached hydrogens (tertiary/aromatic N) is 3. The maximum Gasteiger partial charge on any atom is 0.226 e. The summed E-state index contributed by atoms with van der Waals surface area (Å²) in [4.78, 5) is 11.4. The maximum absolute atomic E-state index is 4.68. The highest BCUT2D eigenvalue weighted by molar-refractivity contribution is 9.10. The Morgan fingerprint density at radius 3 is 3.06 bits per heavy atom. The lowest BCUT2D eigenvalue weighted by Crippen LogP contribution is -2.28. The SMILES string of the molecule is CC1CCCN1c1ncc2cccc(Br)c2n1. The average Bonchev–Trinajstić information content (AvgIpc) is 2.76. The molecule has 88 valence electrons. The van der Waals surface area contributed by atoms with E-state index >= 15 is 0 Å². The average molecular weight is 292 g/mol. The van der Waals surface area contributed by atoms with Gasteiger partial charge in [-0.3, -0.25) is 0 Å². The first kappa shape index (κ1) is 11.0. The summed E-state index contributed by atoms with van der Waals surface area (Å²) in [5.41, 5.74) is 0.997. The van der Waals surface area contributed by atoms with Gasteiger partial charge in [-0.25, -0.2) is 9.97 Å². The molecule has 0 radical (unpaired) electrons. The highest BCUT2D eigenvalue weighted by atomic mass is 79.9. The zero-order valence-electron chi connectivity index (χ0n) is 9.73. The van der Waals surface area contributed by atoms with E-state index in [1.54, 1.807) is 0 Å². The van der Waals surface area contributed by atoms with Gasteiger partial charge in [0, 0.05) is 28.6 Å². The molecule has 1 aliphatic heterocycles. The molecule has 0 spiro atoms. The Morgan fingerprint density at radius 2 is 2.29 bits per heavy atom. The second kappa shape index (κ2) is 4.26. The summed E-state index contributed by atoms with van der Waals surface area (Å²) in [5.74, 6) is 0.856. The molecule has 2 aromatic rings. The van der Waals surface area contributed by atoms with Crippen molar-refractivity contribution < 1.29 is 0 Å². The first-order valence-electron chi connectivity index (χ1n) is 5.93. The number of fused-ring (bicyclic) bond motifs is 1. The molecule has 0 saturated carbocycles. The summed E-state index contributed by atoms with van der Waals surface area (Å²) in [6.45, 7) is 3.30. The van der Waals surface area contributed by atoms with Crippen LogP contribution in [0.2, 0.25) is 0 Å². The molecule has 3 nitrogen and oxygen atoms in total. The molecule has 1 aromatic heterocycles. The fraction of sp³-hybridized carbons (Fsp3) is 0.385. The number of hydrogen-bond donors (Lipinski definition) is 0. The molecule has 0 N–H and O–H groups in total. The summed E-state index contributed by atoms with van der Waals surface area (Å²) < 4.78 is 1.03. The third kappa shape index (κ3) is 1.90. The van der Waals surface area contributed by atoms with Crippen molar-refractivity contribution in [3.05, 3.63) is 28.9 Å². The van der Waals surface area contributed by atoms with Crippen LogP contribution in [0.1, 0.15) is 19.8 Å². The van der Waals surface area contributed by atoms with Crippen LogP contribution in [0.5, 0.6) is 0 Å². The quantitative estimate of drug-likeness (QED) is 0.807. The molecule has 0 bridgehead atoms. The van der Waals surface area contributed by atoms with Crippen LogP contribution in [0, 0.1) is 0 Å². The highest BCUT2D eigenvalue weighted by Gasteiger charge is 2.22. The minimum atomic E-state index is 0.551. The van der Waals surface area contributed by atoms with Gasteiger partial charge in [-0.1, -0.05) is 12.1 Å². The first-order chi connectivity index (χ1) is 8.25. The normalized spacial score (nSPS) is 20.1. The van der Waals surface area contributed by atoms with E-state index in [9.17, 15) is 0 Å². The highest BCUT2D eigenvalue weighted by Crippen LogP contribution is 2.26. The zero-order chi connectivity index (χ0) is 11.8. The van der Waals surface area contributed by atoms with Crippen molar-refractivity contribution >= 4 is 32.8 Å². The third-order valence-electron chi connectivity index (χ3n) is 3.36. The van der Waals surface area contributed by atoms with Crippen LogP contribution >= 0.6 is 15.9 Å². The van der Waals surface area contributed by atoms with Crippen LogP contribution in [-0.2, 0) is 0 Å². The largest absolute Gasteiger partial charge is 0.338 e. The molecule has 1 aliphatic rings. The van der Waals surface area contributed by atoms with Crippen LogP contribution < -0.4 is 4.90 Å². The summed E-state index contributed by atoms with van der Waals surface area (Å²) >= 11 is 3.55. The summed E-state index contributed by atoms with van der Waals surface area (Å²) in [6.07, 6.45) is 4.38. The number of anilines is 1. The number of rotatable bonds is 1. The molecular weight excluding hydrogens is 278 g/mol. The molecule has 1 fully saturated rings. The van der Waals surface area contributed by atoms with Crippen molar-refractivity contribution in [2.75, 3.05) is 11.4 Å². The van der Waals surface area contributed by atoms with E-state index < -0.39 is 0 Å². The Labute approximate surface area is 109 Å². The van der Waals surface area contributed by atoms with E-state index in [1.807, 2.05) is 24.4 Å². The molecular formula is C13H14BrN3. The van der Waals surface area contributed by atoms with E-state index in [0.717, 1.165) is 27.9 Å². The number of hydrogen-bond acceptors (Lipinski definition) is 3. The topological polar surface area (TPSA) is 29.0 Å². The predicted molar refractivity (Wildman–Crippen MR) is 73.3 cm³/mol. The second-order valence-corrected chi connectivity index (χ2v) is 5.39. The lowest BCUT2D eigenvalue weighted by molar-refractivity contribution is 0.719. The van der Waals surface area contributed by atoms with Crippen LogP contribution in [0.25, 0.3) is 10.9 Å². The molecule has 2 heterocycles. The molecule has 1 saturated heterocycles. The van der Waals surface area contributed by atoms with E-state index in [0.29, 0.717) is 6.04 Å². The van der Waals surface area contributed by atoms with Crippen molar-refractivity contribution in [2.45, 2.75) is 25.8 Å². The van der Waals surface area contributed by atoms with Gasteiger partial charge in [0.1, 0.15) is 0 Å². The van der Waals surface area contributed by atoms with Gasteiger partial charge in [0.25, 0.3) is 0 Å². The Balaban J connectivity index is 2.09. The molecule has 1 aromatic carbocycles. The minimum absolute atomic E-state index is 0.551. The van der Waals surface area contributed by atoms with Crippen LogP contribution in [0.15, 0.2) is 28.9 Å². The van der Waals surface area contributed by atoms with Gasteiger partial charge < -0.3 is 4.90 Å². The van der Waals surface area contributed by atoms with Gasteiger partial charge in [0.05, 0.1) is 5.52 Å². The van der Waals surface area contributed by atoms with Crippen LogP contribution in [0.3, 0.4) is 0 Å². The molecule has 1 atom stereocenters. The summed E-state index contributed by atoms with van der Waals surface area (Å²) in [6, 6.07) is 6.62. The Bertz CT molecular complexity index is 555. The predicted octanol–water partition coefficient (Wildman–Crippen LogP) is 3.38. The van der Waals surface area contributed by atoms with Gasteiger partial charge in [0.15, 0.2) is 0 Å². The summed E-state index contributed by atoms with van der Waals surface area (Å²) in [5, 5.41) is 1.08. The van der Waals surface area contributed by atoms with Gasteiger partial charge in [0.2, 0.25) is 5.95 Å². The van der Waals surface area contributed by atoms with Crippen LogP contribution in [0.4, 0.5) is 5.95 Å². The fourth-order valence-corrected chi connectivity index (χ4v) is 2.85. The maximum atomic E-state index is 4.68. The summed E-state index contributed by atoms with van der Waals surface area (Å²) in [7, 11) is 0. The van der Waals surface area contributed by atoms with Crippen LogP contribution in [-0.4, -0.2) is 22.6 Å². The zero-order valence-corrected chi connectivity index (χ0v) is 11.3. The molecule has 4 heteroatoms. The molecule has 17 heavy (non-hydrogen) atoms. The molecule has 1 unspecified atom stereocenters. The van der Waals surface area contributed by atoms with Crippen molar-refractivity contribution in [1.29, 1.82) is 0 Å². The molecule has 0 aliphatic carbocycles. The fourth-order valence-electron chi connectivity index (χ4n) is 2.38. The third-order valence-corrected chi connectivity index (χ3v) is 4.00. The Hall–Kier alpha value is -1.16. The molecule has 0 amide bonds. The second-order valence-electron chi connectivity index (χ2n) is 4.53. The van der Waals surface area contributed by atoms with Gasteiger partial charge in [-0.05, 0) is 41.8 Å². The van der Waals surface area contributed by atoms with E-state index in [-0.39, 0.29) is 0 Å².